The molecule has 0 N–H and O–H groups in total. The van der Waals surface area contributed by atoms with Gasteiger partial charge >= 0.3 is 0 Å². The third-order valence-electron chi connectivity index (χ3n) is 5.21. The van der Waals surface area contributed by atoms with Gasteiger partial charge in [-0.2, -0.15) is 0 Å². The predicted molar refractivity (Wildman–Crippen MR) is 69.3 cm³/mol. The molecule has 1 aliphatic carbocycles. The molecular weight excluding hydrogens is 228 g/mol. The van der Waals surface area contributed by atoms with E-state index in [1.165, 1.54) is 6.42 Å². The Morgan fingerprint density at radius 1 is 1.22 bits per heavy atom. The van der Waals surface area contributed by atoms with E-state index < -0.39 is 0 Å². The summed E-state index contributed by atoms with van der Waals surface area (Å²) in [5, 5.41) is 0. The zero-order chi connectivity index (χ0) is 12.6. The first-order valence-electron chi connectivity index (χ1n) is 7.29. The summed E-state index contributed by atoms with van der Waals surface area (Å²) < 4.78 is 5.66. The van der Waals surface area contributed by atoms with Gasteiger partial charge in [0.1, 0.15) is 0 Å². The molecule has 4 heteroatoms. The van der Waals surface area contributed by atoms with E-state index in [1.54, 1.807) is 0 Å². The fourth-order valence-corrected chi connectivity index (χ4v) is 3.39. The minimum atomic E-state index is 0.203. The summed E-state index contributed by atoms with van der Waals surface area (Å²) in [7, 11) is 2.20. The lowest BCUT2D eigenvalue weighted by atomic mass is 9.82. The Labute approximate surface area is 109 Å². The van der Waals surface area contributed by atoms with E-state index in [2.05, 4.69) is 16.8 Å². The van der Waals surface area contributed by atoms with Crippen LogP contribution in [0, 0.1) is 5.92 Å². The van der Waals surface area contributed by atoms with Gasteiger partial charge in [0, 0.05) is 31.1 Å². The van der Waals surface area contributed by atoms with Crippen LogP contribution < -0.4 is 0 Å². The number of carbonyl (C=O) groups is 1. The molecule has 0 atom stereocenters. The number of rotatable bonds is 1. The molecule has 3 fully saturated rings. The minimum Gasteiger partial charge on any atom is -0.378 e. The second kappa shape index (κ2) is 4.82. The topological polar surface area (TPSA) is 32.8 Å². The summed E-state index contributed by atoms with van der Waals surface area (Å²) in [5.74, 6) is 0.759. The van der Waals surface area contributed by atoms with Crippen LogP contribution in [0.4, 0.5) is 0 Å². The summed E-state index contributed by atoms with van der Waals surface area (Å²) in [6.45, 7) is 4.56. The molecule has 1 spiro atoms. The molecule has 1 amide bonds. The number of ether oxygens (including phenoxy) is 1. The van der Waals surface area contributed by atoms with Crippen LogP contribution in [0.5, 0.6) is 0 Å². The zero-order valence-electron chi connectivity index (χ0n) is 11.4. The number of nitrogens with zero attached hydrogens (tertiary/aromatic N) is 2. The average molecular weight is 252 g/mol. The SMILES string of the molecule is CN1CCOCC12CCN(C(=O)C1CCC1)CC2. The second-order valence-electron chi connectivity index (χ2n) is 6.15. The highest BCUT2D eigenvalue weighted by atomic mass is 16.5. The molecule has 1 saturated carbocycles. The first kappa shape index (κ1) is 12.4. The van der Waals surface area contributed by atoms with Gasteiger partial charge in [0.2, 0.25) is 5.91 Å². The molecule has 0 radical (unpaired) electrons. The van der Waals surface area contributed by atoms with Crippen LogP contribution in [0.15, 0.2) is 0 Å². The van der Waals surface area contributed by atoms with Gasteiger partial charge in [-0.25, -0.2) is 0 Å². The molecule has 2 aliphatic heterocycles. The van der Waals surface area contributed by atoms with E-state index in [-0.39, 0.29) is 5.54 Å². The molecule has 3 aliphatic rings. The lowest BCUT2D eigenvalue weighted by Gasteiger charge is -2.50. The molecular formula is C14H24N2O2. The number of hydrogen-bond acceptors (Lipinski definition) is 3. The maximum Gasteiger partial charge on any atom is 0.225 e. The largest absolute Gasteiger partial charge is 0.378 e. The fraction of sp³-hybridized carbons (Fsp3) is 0.929. The van der Waals surface area contributed by atoms with Crippen LogP contribution in [-0.2, 0) is 9.53 Å². The number of carbonyl (C=O) groups excluding carboxylic acids is 1. The summed E-state index contributed by atoms with van der Waals surface area (Å²) in [5.41, 5.74) is 0.203. The minimum absolute atomic E-state index is 0.203. The van der Waals surface area contributed by atoms with Crippen molar-refractivity contribution in [1.29, 1.82) is 0 Å². The Morgan fingerprint density at radius 3 is 2.50 bits per heavy atom. The lowest BCUT2D eigenvalue weighted by molar-refractivity contribution is -0.144. The van der Waals surface area contributed by atoms with Gasteiger partial charge in [0.15, 0.2) is 0 Å². The van der Waals surface area contributed by atoms with E-state index >= 15 is 0 Å². The van der Waals surface area contributed by atoms with E-state index in [0.29, 0.717) is 11.8 Å². The Balaban J connectivity index is 1.58. The van der Waals surface area contributed by atoms with Crippen LogP contribution in [0.3, 0.4) is 0 Å². The van der Waals surface area contributed by atoms with Gasteiger partial charge in [-0.3, -0.25) is 9.69 Å². The fourth-order valence-electron chi connectivity index (χ4n) is 3.39. The average Bonchev–Trinajstić information content (AvgIpc) is 2.32. The Hall–Kier alpha value is -0.610. The number of morpholine rings is 1. The van der Waals surface area contributed by atoms with Crippen molar-refractivity contribution in [3.8, 4) is 0 Å². The summed E-state index contributed by atoms with van der Waals surface area (Å²) in [4.78, 5) is 16.8. The Bertz CT molecular complexity index is 320. The predicted octanol–water partition coefficient (Wildman–Crippen LogP) is 1.11. The van der Waals surface area contributed by atoms with Gasteiger partial charge in [0.05, 0.1) is 13.2 Å². The van der Waals surface area contributed by atoms with E-state index in [4.69, 9.17) is 4.74 Å². The van der Waals surface area contributed by atoms with Crippen LogP contribution in [0.1, 0.15) is 32.1 Å². The highest BCUT2D eigenvalue weighted by molar-refractivity contribution is 5.79. The molecule has 3 rings (SSSR count). The van der Waals surface area contributed by atoms with E-state index in [9.17, 15) is 4.79 Å². The highest BCUT2D eigenvalue weighted by Crippen LogP contribution is 2.33. The summed E-state index contributed by atoms with van der Waals surface area (Å²) in [6.07, 6.45) is 5.61. The van der Waals surface area contributed by atoms with Crippen molar-refractivity contribution in [3.63, 3.8) is 0 Å². The number of likely N-dealkylation sites (tertiary alicyclic amines) is 1. The van der Waals surface area contributed by atoms with Gasteiger partial charge in [0.25, 0.3) is 0 Å². The number of piperidine rings is 1. The lowest BCUT2D eigenvalue weighted by Crippen LogP contribution is -2.61. The normalized spacial score (nSPS) is 29.3. The summed E-state index contributed by atoms with van der Waals surface area (Å²) >= 11 is 0. The molecule has 0 unspecified atom stereocenters. The Morgan fingerprint density at radius 2 is 1.94 bits per heavy atom. The molecule has 2 saturated heterocycles. The quantitative estimate of drug-likeness (QED) is 0.701. The smallest absolute Gasteiger partial charge is 0.225 e. The molecule has 0 aromatic heterocycles. The zero-order valence-corrected chi connectivity index (χ0v) is 11.4. The van der Waals surface area contributed by atoms with Gasteiger partial charge in [-0.15, -0.1) is 0 Å². The molecule has 0 aromatic carbocycles. The van der Waals surface area contributed by atoms with Crippen molar-refractivity contribution in [2.24, 2.45) is 5.92 Å². The number of hydrogen-bond donors (Lipinski definition) is 0. The first-order valence-corrected chi connectivity index (χ1v) is 7.29. The number of amides is 1. The van der Waals surface area contributed by atoms with Crippen molar-refractivity contribution in [3.05, 3.63) is 0 Å². The molecule has 0 bridgehead atoms. The molecule has 18 heavy (non-hydrogen) atoms. The van der Waals surface area contributed by atoms with Gasteiger partial charge in [-0.1, -0.05) is 6.42 Å². The van der Waals surface area contributed by atoms with Crippen molar-refractivity contribution < 1.29 is 9.53 Å². The van der Waals surface area contributed by atoms with Crippen LogP contribution in [0.25, 0.3) is 0 Å². The molecule has 102 valence electrons. The molecule has 2 heterocycles. The maximum absolute atomic E-state index is 12.2. The highest BCUT2D eigenvalue weighted by Gasteiger charge is 2.42. The van der Waals surface area contributed by atoms with Crippen molar-refractivity contribution in [2.75, 3.05) is 39.9 Å². The maximum atomic E-state index is 12.2. The van der Waals surface area contributed by atoms with Crippen LogP contribution in [-0.4, -0.2) is 61.1 Å². The van der Waals surface area contributed by atoms with Crippen molar-refractivity contribution in [2.45, 2.75) is 37.6 Å². The molecule has 4 nitrogen and oxygen atoms in total. The van der Waals surface area contributed by atoms with E-state index in [0.717, 1.165) is 58.5 Å². The molecule has 0 aromatic rings. The first-order chi connectivity index (χ1) is 8.71. The van der Waals surface area contributed by atoms with Gasteiger partial charge < -0.3 is 9.64 Å². The number of likely N-dealkylation sites (N-methyl/N-ethyl adjacent to an activating group) is 1. The standard InChI is InChI=1S/C14H24N2O2/c1-15-9-10-18-11-14(15)5-7-16(8-6-14)13(17)12-3-2-4-12/h12H,2-11H2,1H3. The third kappa shape index (κ3) is 2.05. The van der Waals surface area contributed by atoms with E-state index in [1.807, 2.05) is 0 Å². The second-order valence-corrected chi connectivity index (χ2v) is 6.15. The van der Waals surface area contributed by atoms with Crippen LogP contribution in [0.2, 0.25) is 0 Å². The van der Waals surface area contributed by atoms with Crippen LogP contribution >= 0.6 is 0 Å². The third-order valence-corrected chi connectivity index (χ3v) is 5.21. The monoisotopic (exact) mass is 252 g/mol. The van der Waals surface area contributed by atoms with Crippen molar-refractivity contribution in [1.82, 2.24) is 9.80 Å². The van der Waals surface area contributed by atoms with Gasteiger partial charge in [-0.05, 0) is 32.7 Å². The summed E-state index contributed by atoms with van der Waals surface area (Å²) in [6, 6.07) is 0. The van der Waals surface area contributed by atoms with Crippen molar-refractivity contribution >= 4 is 5.91 Å². The Kier molecular flexibility index (Phi) is 3.32.